The monoisotopic (exact) mass is 485 g/mol. The van der Waals surface area contributed by atoms with Gasteiger partial charge in [0.1, 0.15) is 5.78 Å². The molecule has 0 aromatic rings. The number of hydrogen-bond donors (Lipinski definition) is 0. The van der Waals surface area contributed by atoms with Crippen LogP contribution in [0.25, 0.3) is 0 Å². The Morgan fingerprint density at radius 3 is 2.41 bits per heavy atom. The van der Waals surface area contributed by atoms with E-state index in [1.165, 1.54) is 81.8 Å². The normalized spacial score (nSPS) is 51.1. The first-order valence-electron chi connectivity index (χ1n) is 11.7. The summed E-state index contributed by atoms with van der Waals surface area (Å²) >= 11 is 0. The summed E-state index contributed by atoms with van der Waals surface area (Å²) in [4.78, 5) is 12.6. The summed E-state index contributed by atoms with van der Waals surface area (Å²) < 4.78 is 1.38. The predicted molar refractivity (Wildman–Crippen MR) is 106 cm³/mol. The maximum Gasteiger partial charge on any atom is 0.139 e. The Bertz CT molecular complexity index is 599. The van der Waals surface area contributed by atoms with Crippen LogP contribution in [0.5, 0.6) is 0 Å². The van der Waals surface area contributed by atoms with Gasteiger partial charge in [-0.25, -0.2) is 0 Å². The van der Waals surface area contributed by atoms with Crippen LogP contribution < -0.4 is 24.0 Å². The highest BCUT2D eigenvalue weighted by molar-refractivity contribution is 5.87. The Morgan fingerprint density at radius 1 is 0.926 bits per heavy atom. The molecular formula is C24H40INO. The molecular weight excluding hydrogens is 445 g/mol. The average molecular weight is 485 g/mol. The Kier molecular flexibility index (Phi) is 5.32. The quantitative estimate of drug-likeness (QED) is 0.411. The van der Waals surface area contributed by atoms with Gasteiger partial charge in [-0.1, -0.05) is 13.8 Å². The fourth-order valence-electron chi connectivity index (χ4n) is 9.00. The zero-order valence-corrected chi connectivity index (χ0v) is 20.0. The van der Waals surface area contributed by atoms with Crippen molar-refractivity contribution in [1.29, 1.82) is 0 Å². The van der Waals surface area contributed by atoms with Gasteiger partial charge in [-0.2, -0.15) is 0 Å². The molecule has 7 atom stereocenters. The minimum absolute atomic E-state index is 0. The molecule has 154 valence electrons. The van der Waals surface area contributed by atoms with Crippen LogP contribution >= 0.6 is 0 Å². The molecule has 1 heterocycles. The van der Waals surface area contributed by atoms with Gasteiger partial charge in [0.15, 0.2) is 0 Å². The zero-order chi connectivity index (χ0) is 18.2. The smallest absolute Gasteiger partial charge is 0.139 e. The topological polar surface area (TPSA) is 17.1 Å². The maximum atomic E-state index is 12.6. The van der Waals surface area contributed by atoms with Crippen molar-refractivity contribution in [3.63, 3.8) is 0 Å². The van der Waals surface area contributed by atoms with Crippen molar-refractivity contribution >= 4 is 5.78 Å². The summed E-state index contributed by atoms with van der Waals surface area (Å²) in [5, 5.41) is 0. The van der Waals surface area contributed by atoms with E-state index in [1.54, 1.807) is 0 Å². The van der Waals surface area contributed by atoms with Gasteiger partial charge in [0.25, 0.3) is 0 Å². The van der Waals surface area contributed by atoms with Crippen molar-refractivity contribution < 1.29 is 33.3 Å². The van der Waals surface area contributed by atoms with Crippen molar-refractivity contribution in [2.75, 3.05) is 20.1 Å². The van der Waals surface area contributed by atoms with Gasteiger partial charge < -0.3 is 28.5 Å². The van der Waals surface area contributed by atoms with Crippen LogP contribution in [-0.2, 0) is 4.79 Å². The van der Waals surface area contributed by atoms with Gasteiger partial charge in [0, 0.05) is 31.1 Å². The Labute approximate surface area is 183 Å². The third-order valence-electron chi connectivity index (χ3n) is 10.8. The molecule has 0 radical (unpaired) electrons. The lowest BCUT2D eigenvalue weighted by molar-refractivity contribution is -0.924. The van der Waals surface area contributed by atoms with Gasteiger partial charge in [-0.3, -0.25) is 4.79 Å². The molecule has 27 heavy (non-hydrogen) atoms. The number of rotatable bonds is 1. The van der Waals surface area contributed by atoms with Crippen molar-refractivity contribution in [2.45, 2.75) is 90.5 Å². The van der Waals surface area contributed by atoms with E-state index in [2.05, 4.69) is 20.9 Å². The molecule has 1 aliphatic heterocycles. The van der Waals surface area contributed by atoms with Gasteiger partial charge in [-0.05, 0) is 74.0 Å². The second-order valence-corrected chi connectivity index (χ2v) is 11.6. The molecule has 1 saturated heterocycles. The van der Waals surface area contributed by atoms with E-state index in [0.29, 0.717) is 17.1 Å². The minimum atomic E-state index is 0. The molecule has 4 saturated carbocycles. The van der Waals surface area contributed by atoms with Gasteiger partial charge in [-0.15, -0.1) is 0 Å². The van der Waals surface area contributed by atoms with Crippen LogP contribution in [0.2, 0.25) is 0 Å². The molecule has 0 bridgehead atoms. The lowest BCUT2D eigenvalue weighted by atomic mass is 9.45. The molecule has 0 aromatic carbocycles. The molecule has 5 rings (SSSR count). The largest absolute Gasteiger partial charge is 1.00 e. The third kappa shape index (κ3) is 2.91. The number of fused-ring (bicyclic) bond motifs is 5. The van der Waals surface area contributed by atoms with Crippen LogP contribution in [0.1, 0.15) is 84.5 Å². The zero-order valence-electron chi connectivity index (χ0n) is 17.8. The van der Waals surface area contributed by atoms with Crippen molar-refractivity contribution in [3.05, 3.63) is 0 Å². The molecule has 3 heteroatoms. The standard InChI is InChI=1S/C24H40NO.HI/c1-23-12-10-18(25(3)14-4-5-15-25)16-17(23)6-7-19-20-8-9-22(26)24(20,2)13-11-21(19)23;/h17-21H,4-16H2,1-3H3;1H/q+1;/p-1/t17-,18-,19?,20?,21?,23-,24-;/m0./s1. The summed E-state index contributed by atoms with van der Waals surface area (Å²) in [6, 6.07) is 0.939. The second kappa shape index (κ2) is 6.96. The molecule has 4 aliphatic carbocycles. The van der Waals surface area contributed by atoms with Gasteiger partial charge in [0.2, 0.25) is 0 Å². The van der Waals surface area contributed by atoms with Crippen molar-refractivity contribution in [2.24, 2.45) is 34.5 Å². The van der Waals surface area contributed by atoms with E-state index in [-0.39, 0.29) is 29.4 Å². The average Bonchev–Trinajstić information content (AvgIpc) is 3.19. The van der Waals surface area contributed by atoms with Crippen LogP contribution in [0, 0.1) is 34.5 Å². The van der Waals surface area contributed by atoms with Gasteiger partial charge >= 0.3 is 0 Å². The number of carbonyl (C=O) groups excluding carboxylic acids is 1. The van der Waals surface area contributed by atoms with E-state index in [4.69, 9.17) is 0 Å². The lowest BCUT2D eigenvalue weighted by Crippen LogP contribution is -3.00. The van der Waals surface area contributed by atoms with Crippen molar-refractivity contribution in [3.8, 4) is 0 Å². The summed E-state index contributed by atoms with van der Waals surface area (Å²) in [6.07, 6.45) is 14.8. The first-order chi connectivity index (χ1) is 12.4. The summed E-state index contributed by atoms with van der Waals surface area (Å²) in [5.74, 6) is 4.04. The lowest BCUT2D eigenvalue weighted by Gasteiger charge is -2.61. The molecule has 2 nitrogen and oxygen atoms in total. The number of hydrogen-bond acceptors (Lipinski definition) is 1. The fraction of sp³-hybridized carbons (Fsp3) is 0.958. The number of likely N-dealkylation sites (tertiary alicyclic amines) is 1. The molecule has 5 aliphatic rings. The van der Waals surface area contributed by atoms with E-state index < -0.39 is 0 Å². The highest BCUT2D eigenvalue weighted by Crippen LogP contribution is 2.65. The number of carbonyl (C=O) groups is 1. The number of halogens is 1. The number of quaternary nitrogens is 1. The van der Waals surface area contributed by atoms with Crippen molar-refractivity contribution in [1.82, 2.24) is 0 Å². The molecule has 0 N–H and O–H groups in total. The number of nitrogens with zero attached hydrogens (tertiary/aromatic N) is 1. The predicted octanol–water partition coefficient (Wildman–Crippen LogP) is 2.21. The highest BCUT2D eigenvalue weighted by atomic mass is 127. The van der Waals surface area contributed by atoms with E-state index in [9.17, 15) is 4.79 Å². The first kappa shape index (κ1) is 20.6. The van der Waals surface area contributed by atoms with Crippen LogP contribution in [0.15, 0.2) is 0 Å². The Morgan fingerprint density at radius 2 is 1.67 bits per heavy atom. The highest BCUT2D eigenvalue weighted by Gasteiger charge is 2.61. The van der Waals surface area contributed by atoms with Crippen LogP contribution in [0.3, 0.4) is 0 Å². The van der Waals surface area contributed by atoms with E-state index in [0.717, 1.165) is 30.2 Å². The Hall–Kier alpha value is 0.360. The third-order valence-corrected chi connectivity index (χ3v) is 10.8. The number of Topliss-reactive ketones (excluding diaryl/α,β-unsaturated/α-hetero) is 1. The fourth-order valence-corrected chi connectivity index (χ4v) is 9.00. The van der Waals surface area contributed by atoms with E-state index in [1.807, 2.05) is 0 Å². The van der Waals surface area contributed by atoms with Crippen LogP contribution in [-0.4, -0.2) is 36.4 Å². The molecule has 3 unspecified atom stereocenters. The second-order valence-electron chi connectivity index (χ2n) is 11.6. The first-order valence-corrected chi connectivity index (χ1v) is 11.7. The van der Waals surface area contributed by atoms with Crippen LogP contribution in [0.4, 0.5) is 0 Å². The summed E-state index contributed by atoms with van der Waals surface area (Å²) in [5.41, 5.74) is 0.626. The SMILES string of the molecule is C[C@]12CCC3C(CC[C@H]4C[C@@H]([N+]5(C)CCCC5)CC[C@]34C)C1CCC2=O.[I-]. The van der Waals surface area contributed by atoms with E-state index >= 15 is 0 Å². The summed E-state index contributed by atoms with van der Waals surface area (Å²) in [6.45, 7) is 7.87. The Balaban J connectivity index is 0.00000180. The minimum Gasteiger partial charge on any atom is -1.00 e. The molecule has 0 amide bonds. The number of ketones is 1. The summed E-state index contributed by atoms with van der Waals surface area (Å²) in [7, 11) is 2.56. The molecule has 5 fully saturated rings. The molecule has 0 spiro atoms. The maximum absolute atomic E-state index is 12.6. The molecule has 0 aromatic heterocycles. The van der Waals surface area contributed by atoms with Gasteiger partial charge in [0.05, 0.1) is 26.2 Å².